The molecule has 1 rings (SSSR count). The van der Waals surface area contributed by atoms with Crippen LogP contribution < -0.4 is 0 Å². The van der Waals surface area contributed by atoms with Crippen molar-refractivity contribution in [1.82, 2.24) is 0 Å². The highest BCUT2D eigenvalue weighted by molar-refractivity contribution is 5.85. The van der Waals surface area contributed by atoms with Crippen molar-refractivity contribution in [3.05, 3.63) is 0 Å². The van der Waals surface area contributed by atoms with E-state index in [1.165, 1.54) is 32.1 Å². The van der Waals surface area contributed by atoms with Crippen molar-refractivity contribution in [2.24, 2.45) is 17.8 Å². The molecule has 0 amide bonds. The van der Waals surface area contributed by atoms with Gasteiger partial charge in [0.2, 0.25) is 0 Å². The standard InChI is InChI=1S/C15H25NO/c1-3-5-6-12-7-9-14(10-8-12)15(17)13(4-2)11-16/h12-14H,3-10H2,1-2H3. The van der Waals surface area contributed by atoms with Crippen LogP contribution in [0.2, 0.25) is 0 Å². The van der Waals surface area contributed by atoms with E-state index in [0.29, 0.717) is 6.42 Å². The first-order valence-electron chi connectivity index (χ1n) is 7.16. The summed E-state index contributed by atoms with van der Waals surface area (Å²) in [5.41, 5.74) is 0. The first kappa shape index (κ1) is 14.2. The van der Waals surface area contributed by atoms with E-state index in [2.05, 4.69) is 13.0 Å². The number of nitrogens with zero attached hydrogens (tertiary/aromatic N) is 1. The Morgan fingerprint density at radius 1 is 1.29 bits per heavy atom. The molecule has 0 saturated heterocycles. The fourth-order valence-corrected chi connectivity index (χ4v) is 2.87. The third-order valence-corrected chi connectivity index (χ3v) is 4.12. The van der Waals surface area contributed by atoms with E-state index >= 15 is 0 Å². The number of carbonyl (C=O) groups excluding carboxylic acids is 1. The molecule has 0 aromatic heterocycles. The lowest BCUT2D eigenvalue weighted by molar-refractivity contribution is -0.126. The number of unbranched alkanes of at least 4 members (excludes halogenated alkanes) is 1. The summed E-state index contributed by atoms with van der Waals surface area (Å²) in [6, 6.07) is 2.14. The third kappa shape index (κ3) is 4.15. The maximum atomic E-state index is 12.1. The molecular weight excluding hydrogens is 210 g/mol. The van der Waals surface area contributed by atoms with Gasteiger partial charge in [-0.3, -0.25) is 4.79 Å². The van der Waals surface area contributed by atoms with Gasteiger partial charge in [0.1, 0.15) is 5.92 Å². The van der Waals surface area contributed by atoms with Crippen molar-refractivity contribution in [2.75, 3.05) is 0 Å². The van der Waals surface area contributed by atoms with Gasteiger partial charge in [0.15, 0.2) is 5.78 Å². The van der Waals surface area contributed by atoms with Gasteiger partial charge < -0.3 is 0 Å². The van der Waals surface area contributed by atoms with Crippen LogP contribution in [0.4, 0.5) is 0 Å². The number of carbonyl (C=O) groups is 1. The molecule has 1 atom stereocenters. The fourth-order valence-electron chi connectivity index (χ4n) is 2.87. The molecule has 1 unspecified atom stereocenters. The minimum absolute atomic E-state index is 0.178. The zero-order valence-electron chi connectivity index (χ0n) is 11.2. The minimum atomic E-state index is -0.354. The van der Waals surface area contributed by atoms with E-state index in [1.54, 1.807) is 0 Å². The number of Topliss-reactive ketones (excluding diaryl/α,β-unsaturated/α-hetero) is 1. The molecule has 96 valence electrons. The van der Waals surface area contributed by atoms with Crippen LogP contribution in [0.5, 0.6) is 0 Å². The van der Waals surface area contributed by atoms with Crippen LogP contribution in [-0.2, 0) is 4.79 Å². The van der Waals surface area contributed by atoms with Crippen LogP contribution in [0.15, 0.2) is 0 Å². The lowest BCUT2D eigenvalue weighted by atomic mass is 9.75. The minimum Gasteiger partial charge on any atom is -0.298 e. The molecule has 1 aliphatic rings. The van der Waals surface area contributed by atoms with Gasteiger partial charge in [-0.05, 0) is 38.0 Å². The van der Waals surface area contributed by atoms with E-state index in [0.717, 1.165) is 18.8 Å². The molecule has 0 aromatic rings. The zero-order chi connectivity index (χ0) is 12.7. The highest BCUT2D eigenvalue weighted by atomic mass is 16.1. The molecule has 0 heterocycles. The number of nitriles is 1. The van der Waals surface area contributed by atoms with E-state index in [1.807, 2.05) is 6.92 Å². The van der Waals surface area contributed by atoms with E-state index < -0.39 is 0 Å². The third-order valence-electron chi connectivity index (χ3n) is 4.12. The second kappa shape index (κ2) is 7.48. The molecular formula is C15H25NO. The maximum Gasteiger partial charge on any atom is 0.153 e. The summed E-state index contributed by atoms with van der Waals surface area (Å²) in [6.45, 7) is 4.16. The van der Waals surface area contributed by atoms with Gasteiger partial charge >= 0.3 is 0 Å². The normalized spacial score (nSPS) is 26.2. The van der Waals surface area contributed by atoms with Crippen LogP contribution >= 0.6 is 0 Å². The Morgan fingerprint density at radius 2 is 1.94 bits per heavy atom. The van der Waals surface area contributed by atoms with E-state index in [-0.39, 0.29) is 17.6 Å². The summed E-state index contributed by atoms with van der Waals surface area (Å²) in [5.74, 6) is 0.870. The number of hydrogen-bond acceptors (Lipinski definition) is 2. The Balaban J connectivity index is 2.36. The lowest BCUT2D eigenvalue weighted by Crippen LogP contribution is -2.26. The number of rotatable bonds is 6. The van der Waals surface area contributed by atoms with Crippen molar-refractivity contribution in [3.63, 3.8) is 0 Å². The summed E-state index contributed by atoms with van der Waals surface area (Å²) >= 11 is 0. The predicted octanol–water partition coefficient (Wildman–Crippen LogP) is 4.10. The quantitative estimate of drug-likeness (QED) is 0.695. The van der Waals surface area contributed by atoms with Gasteiger partial charge in [-0.2, -0.15) is 5.26 Å². The largest absolute Gasteiger partial charge is 0.298 e. The van der Waals surface area contributed by atoms with Crippen LogP contribution in [0.3, 0.4) is 0 Å². The molecule has 1 fully saturated rings. The van der Waals surface area contributed by atoms with E-state index in [4.69, 9.17) is 5.26 Å². The summed E-state index contributed by atoms with van der Waals surface area (Å²) in [4.78, 5) is 12.1. The molecule has 1 aliphatic carbocycles. The Morgan fingerprint density at radius 3 is 2.41 bits per heavy atom. The smallest absolute Gasteiger partial charge is 0.153 e. The lowest BCUT2D eigenvalue weighted by Gasteiger charge is -2.28. The SMILES string of the molecule is CCCCC1CCC(C(=O)C(C#N)CC)CC1. The highest BCUT2D eigenvalue weighted by Gasteiger charge is 2.29. The molecule has 0 N–H and O–H groups in total. The molecule has 2 nitrogen and oxygen atoms in total. The summed E-state index contributed by atoms with van der Waals surface area (Å²) in [6.07, 6.45) is 9.01. The highest BCUT2D eigenvalue weighted by Crippen LogP contribution is 2.33. The van der Waals surface area contributed by atoms with Gasteiger partial charge in [0.05, 0.1) is 6.07 Å². The Kier molecular flexibility index (Phi) is 6.26. The van der Waals surface area contributed by atoms with Crippen LogP contribution in [0.1, 0.15) is 65.2 Å². The van der Waals surface area contributed by atoms with Crippen molar-refractivity contribution in [3.8, 4) is 6.07 Å². The number of hydrogen-bond donors (Lipinski definition) is 0. The molecule has 2 heteroatoms. The van der Waals surface area contributed by atoms with Crippen LogP contribution in [0.25, 0.3) is 0 Å². The molecule has 0 bridgehead atoms. The molecule has 0 aliphatic heterocycles. The second-order valence-corrected chi connectivity index (χ2v) is 5.35. The van der Waals surface area contributed by atoms with Crippen molar-refractivity contribution in [2.45, 2.75) is 65.2 Å². The Bertz CT molecular complexity index is 271. The Hall–Kier alpha value is -0.840. The molecule has 0 spiro atoms. The van der Waals surface area contributed by atoms with Gasteiger partial charge in [0, 0.05) is 5.92 Å². The average Bonchev–Trinajstić information content (AvgIpc) is 2.38. The summed E-state index contributed by atoms with van der Waals surface area (Å²) in [5, 5.41) is 8.92. The fraction of sp³-hybridized carbons (Fsp3) is 0.867. The average molecular weight is 235 g/mol. The molecule has 0 radical (unpaired) electrons. The van der Waals surface area contributed by atoms with Crippen molar-refractivity contribution >= 4 is 5.78 Å². The van der Waals surface area contributed by atoms with E-state index in [9.17, 15) is 4.79 Å². The summed E-state index contributed by atoms with van der Waals surface area (Å²) < 4.78 is 0. The van der Waals surface area contributed by atoms with Crippen molar-refractivity contribution < 1.29 is 4.79 Å². The number of ketones is 1. The van der Waals surface area contributed by atoms with Gasteiger partial charge in [-0.25, -0.2) is 0 Å². The van der Waals surface area contributed by atoms with Crippen molar-refractivity contribution in [1.29, 1.82) is 5.26 Å². The first-order valence-corrected chi connectivity index (χ1v) is 7.16. The molecule has 17 heavy (non-hydrogen) atoms. The monoisotopic (exact) mass is 235 g/mol. The maximum absolute atomic E-state index is 12.1. The second-order valence-electron chi connectivity index (χ2n) is 5.35. The van der Waals surface area contributed by atoms with Crippen LogP contribution in [0, 0.1) is 29.1 Å². The first-order chi connectivity index (χ1) is 8.22. The molecule has 1 saturated carbocycles. The topological polar surface area (TPSA) is 40.9 Å². The van der Waals surface area contributed by atoms with Crippen LogP contribution in [-0.4, -0.2) is 5.78 Å². The predicted molar refractivity (Wildman–Crippen MR) is 69.4 cm³/mol. The van der Waals surface area contributed by atoms with Gasteiger partial charge in [-0.1, -0.05) is 33.1 Å². The van der Waals surface area contributed by atoms with Gasteiger partial charge in [0.25, 0.3) is 0 Å². The zero-order valence-corrected chi connectivity index (χ0v) is 11.2. The summed E-state index contributed by atoms with van der Waals surface area (Å²) in [7, 11) is 0. The molecule has 0 aromatic carbocycles. The Labute approximate surface area is 105 Å². The van der Waals surface area contributed by atoms with Gasteiger partial charge in [-0.15, -0.1) is 0 Å².